The maximum Gasteiger partial charge on any atom is 0.253 e. The van der Waals surface area contributed by atoms with Crippen LogP contribution in [0.2, 0.25) is 0 Å². The minimum absolute atomic E-state index is 0. The maximum atomic E-state index is 12.8. The van der Waals surface area contributed by atoms with Crippen molar-refractivity contribution in [2.45, 2.75) is 50.8 Å². The second-order valence-corrected chi connectivity index (χ2v) is 11.7. The van der Waals surface area contributed by atoms with Crippen LogP contribution in [0.4, 0.5) is 5.69 Å². The molecule has 4 rings (SSSR count). The highest BCUT2D eigenvalue weighted by Gasteiger charge is 2.46. The number of methoxy groups -OCH3 is 1. The summed E-state index contributed by atoms with van der Waals surface area (Å²) in [5.74, 6) is -0.529. The highest BCUT2D eigenvalue weighted by molar-refractivity contribution is 7.93. The smallest absolute Gasteiger partial charge is 0.253 e. The van der Waals surface area contributed by atoms with Gasteiger partial charge in [-0.05, 0) is 51.3 Å². The van der Waals surface area contributed by atoms with Crippen LogP contribution in [0.15, 0.2) is 36.5 Å². The summed E-state index contributed by atoms with van der Waals surface area (Å²) in [6, 6.07) is 9.51. The molecule has 1 aliphatic carbocycles. The molecule has 1 saturated heterocycles. The summed E-state index contributed by atoms with van der Waals surface area (Å²) in [6.07, 6.45) is 3.36. The predicted octanol–water partition coefficient (Wildman–Crippen LogP) is 3.12. The van der Waals surface area contributed by atoms with Crippen molar-refractivity contribution in [3.8, 4) is 0 Å². The fraction of sp³-hybridized carbons (Fsp3) is 0.458. The van der Waals surface area contributed by atoms with Gasteiger partial charge in [0.2, 0.25) is 0 Å². The number of carbonyl (C=O) groups is 1. The summed E-state index contributed by atoms with van der Waals surface area (Å²) in [5.41, 5.74) is 2.32. The Bertz CT molecular complexity index is 1210. The quantitative estimate of drug-likeness (QED) is 0.508. The van der Waals surface area contributed by atoms with Gasteiger partial charge in [-0.2, -0.15) is 0 Å². The van der Waals surface area contributed by atoms with Crippen LogP contribution in [0.1, 0.15) is 62.2 Å². The third kappa shape index (κ3) is 4.79. The molecule has 0 bridgehead atoms. The summed E-state index contributed by atoms with van der Waals surface area (Å²) < 4.78 is 28.8. The van der Waals surface area contributed by atoms with Crippen LogP contribution in [0.3, 0.4) is 0 Å². The molecule has 3 N–H and O–H groups in total. The van der Waals surface area contributed by atoms with Gasteiger partial charge < -0.3 is 15.4 Å². The molecule has 33 heavy (non-hydrogen) atoms. The molecule has 2 aromatic rings. The lowest BCUT2D eigenvalue weighted by Crippen LogP contribution is -2.63. The Hall–Kier alpha value is -2.78. The van der Waals surface area contributed by atoms with Crippen molar-refractivity contribution in [2.75, 3.05) is 23.9 Å². The van der Waals surface area contributed by atoms with Gasteiger partial charge in [0.15, 0.2) is 9.84 Å². The standard InChI is InChI=1S/C24H30N4O4S.H2/c1-15(2)27-19-11-17(22(29)28-23(3)13-33(30,31)14-23)12-26-21(19)20(25)16-6-5-7-18(10-16)24(32-4)8-9-24;/h5-7,10-12,15,25,27H,8-9,13-14H2,1-4H3,(H,28,29);1H. The summed E-state index contributed by atoms with van der Waals surface area (Å²) in [7, 11) is -1.37. The number of sulfone groups is 1. The molecule has 0 atom stereocenters. The van der Waals surface area contributed by atoms with Crippen molar-refractivity contribution < 1.29 is 19.4 Å². The largest absolute Gasteiger partial charge is 0.381 e. The Balaban J connectivity index is 0.00000324. The molecule has 1 saturated carbocycles. The van der Waals surface area contributed by atoms with Crippen molar-refractivity contribution in [1.29, 1.82) is 5.41 Å². The molecule has 0 radical (unpaired) electrons. The topological polar surface area (TPSA) is 121 Å². The molecule has 1 aromatic heterocycles. The van der Waals surface area contributed by atoms with E-state index < -0.39 is 15.4 Å². The number of carbonyl (C=O) groups excluding carboxylic acids is 1. The van der Waals surface area contributed by atoms with Gasteiger partial charge in [-0.15, -0.1) is 0 Å². The molecular formula is C24H32N4O4S. The zero-order chi connectivity index (χ0) is 24.0. The molecular weight excluding hydrogens is 440 g/mol. The van der Waals surface area contributed by atoms with Crippen LogP contribution in [0.25, 0.3) is 0 Å². The first-order valence-corrected chi connectivity index (χ1v) is 12.8. The van der Waals surface area contributed by atoms with Crippen molar-refractivity contribution in [1.82, 2.24) is 10.3 Å². The van der Waals surface area contributed by atoms with Crippen molar-refractivity contribution >= 4 is 27.1 Å². The van der Waals surface area contributed by atoms with Gasteiger partial charge in [0.05, 0.1) is 39.6 Å². The van der Waals surface area contributed by atoms with E-state index in [-0.39, 0.29) is 36.2 Å². The summed E-state index contributed by atoms with van der Waals surface area (Å²) >= 11 is 0. The van der Waals surface area contributed by atoms with Crippen LogP contribution in [0, 0.1) is 5.41 Å². The minimum Gasteiger partial charge on any atom is -0.381 e. The number of aromatic nitrogens is 1. The molecule has 2 aliphatic rings. The van der Waals surface area contributed by atoms with E-state index in [9.17, 15) is 13.2 Å². The van der Waals surface area contributed by atoms with E-state index in [1.165, 1.54) is 6.20 Å². The van der Waals surface area contributed by atoms with Crippen molar-refractivity contribution in [2.24, 2.45) is 0 Å². The second kappa shape index (κ2) is 8.22. The number of anilines is 1. The molecule has 0 spiro atoms. The normalized spacial score (nSPS) is 19.4. The maximum absolute atomic E-state index is 12.8. The number of nitrogens with zero attached hydrogens (tertiary/aromatic N) is 1. The zero-order valence-electron chi connectivity index (χ0n) is 19.4. The average Bonchev–Trinajstić information content (AvgIpc) is 3.52. The van der Waals surface area contributed by atoms with Crippen LogP contribution in [-0.4, -0.2) is 55.2 Å². The van der Waals surface area contributed by atoms with Gasteiger partial charge in [-0.3, -0.25) is 15.2 Å². The van der Waals surface area contributed by atoms with Crippen LogP contribution in [-0.2, 0) is 20.2 Å². The van der Waals surface area contributed by atoms with Gasteiger partial charge in [-0.25, -0.2) is 8.42 Å². The summed E-state index contributed by atoms with van der Waals surface area (Å²) in [5, 5.41) is 14.9. The Morgan fingerprint density at radius 2 is 1.91 bits per heavy atom. The Morgan fingerprint density at radius 3 is 2.48 bits per heavy atom. The van der Waals surface area contributed by atoms with Gasteiger partial charge in [-0.1, -0.05) is 18.2 Å². The number of pyridine rings is 1. The molecule has 9 heteroatoms. The molecule has 2 heterocycles. The highest BCUT2D eigenvalue weighted by Crippen LogP contribution is 2.48. The Kier molecular flexibility index (Phi) is 5.82. The Morgan fingerprint density at radius 1 is 1.21 bits per heavy atom. The highest BCUT2D eigenvalue weighted by atomic mass is 32.2. The number of nitrogens with one attached hydrogen (secondary N) is 3. The van der Waals surface area contributed by atoms with E-state index >= 15 is 0 Å². The first-order valence-electron chi connectivity index (χ1n) is 11.0. The zero-order valence-corrected chi connectivity index (χ0v) is 20.2. The average molecular weight is 473 g/mol. The molecule has 1 aromatic carbocycles. The fourth-order valence-corrected chi connectivity index (χ4v) is 6.38. The van der Waals surface area contributed by atoms with E-state index in [0.717, 1.165) is 24.0 Å². The lowest BCUT2D eigenvalue weighted by Gasteiger charge is -2.38. The second-order valence-electron chi connectivity index (χ2n) is 9.62. The van der Waals surface area contributed by atoms with Gasteiger partial charge in [0.1, 0.15) is 5.69 Å². The van der Waals surface area contributed by atoms with Crippen molar-refractivity contribution in [3.05, 3.63) is 58.9 Å². The number of hydrogen-bond acceptors (Lipinski definition) is 7. The van der Waals surface area contributed by atoms with Gasteiger partial charge in [0.25, 0.3) is 5.91 Å². The van der Waals surface area contributed by atoms with Crippen molar-refractivity contribution in [3.63, 3.8) is 0 Å². The van der Waals surface area contributed by atoms with Gasteiger partial charge >= 0.3 is 0 Å². The molecule has 178 valence electrons. The third-order valence-corrected chi connectivity index (χ3v) is 8.25. The number of ether oxygens (including phenoxy) is 1. The molecule has 1 aliphatic heterocycles. The summed E-state index contributed by atoms with van der Waals surface area (Å²) in [6.45, 7) is 5.66. The molecule has 8 nitrogen and oxygen atoms in total. The lowest BCUT2D eigenvalue weighted by atomic mass is 9.99. The van der Waals surface area contributed by atoms with Gasteiger partial charge in [0, 0.05) is 26.3 Å². The number of amides is 1. The first-order chi connectivity index (χ1) is 15.5. The van der Waals surface area contributed by atoms with E-state index in [1.807, 2.05) is 38.1 Å². The third-order valence-electron chi connectivity index (χ3n) is 6.10. The van der Waals surface area contributed by atoms with E-state index in [1.54, 1.807) is 20.1 Å². The number of hydrogen-bond donors (Lipinski definition) is 3. The Labute approximate surface area is 196 Å². The van der Waals surface area contributed by atoms with E-state index in [4.69, 9.17) is 10.1 Å². The summed E-state index contributed by atoms with van der Waals surface area (Å²) in [4.78, 5) is 17.3. The molecule has 2 fully saturated rings. The predicted molar refractivity (Wildman–Crippen MR) is 130 cm³/mol. The van der Waals surface area contributed by atoms with Crippen LogP contribution >= 0.6 is 0 Å². The number of rotatable bonds is 8. The molecule has 1 amide bonds. The van der Waals surface area contributed by atoms with Crippen LogP contribution in [0.5, 0.6) is 0 Å². The SMILES string of the molecule is COC1(c2cccc(C(=N)c3ncc(C(=O)NC4(C)CS(=O)(=O)C4)cc3NC(C)C)c2)CC1.[HH]. The minimum atomic E-state index is -3.08. The number of benzene rings is 1. The van der Waals surface area contributed by atoms with E-state index in [0.29, 0.717) is 16.9 Å². The fourth-order valence-electron chi connectivity index (χ4n) is 4.38. The monoisotopic (exact) mass is 472 g/mol. The van der Waals surface area contributed by atoms with Crippen LogP contribution < -0.4 is 10.6 Å². The van der Waals surface area contributed by atoms with E-state index in [2.05, 4.69) is 15.6 Å². The lowest BCUT2D eigenvalue weighted by molar-refractivity contribution is 0.0789. The first kappa shape index (κ1) is 23.4. The molecule has 0 unspecified atom stereocenters.